The molecular formula is C9H20S2. The monoisotopic (exact) mass is 192 g/mol. The molecule has 0 saturated carbocycles. The van der Waals surface area contributed by atoms with Gasteiger partial charge in [-0.25, -0.2) is 0 Å². The highest BCUT2D eigenvalue weighted by molar-refractivity contribution is 8.00. The van der Waals surface area contributed by atoms with E-state index in [4.69, 9.17) is 0 Å². The van der Waals surface area contributed by atoms with Crippen LogP contribution in [0.3, 0.4) is 0 Å². The van der Waals surface area contributed by atoms with E-state index in [1.165, 1.54) is 6.42 Å². The molecule has 0 spiro atoms. The minimum absolute atomic E-state index is 0.108. The van der Waals surface area contributed by atoms with Crippen molar-refractivity contribution in [3.05, 3.63) is 0 Å². The van der Waals surface area contributed by atoms with Crippen LogP contribution in [-0.2, 0) is 0 Å². The van der Waals surface area contributed by atoms with Gasteiger partial charge in [-0.05, 0) is 25.2 Å². The highest BCUT2D eigenvalue weighted by Gasteiger charge is 2.20. The largest absolute Gasteiger partial charge is 0.162 e. The van der Waals surface area contributed by atoms with Crippen LogP contribution in [0.1, 0.15) is 40.5 Å². The summed E-state index contributed by atoms with van der Waals surface area (Å²) in [5.74, 6) is 1.51. The van der Waals surface area contributed by atoms with Crippen LogP contribution >= 0.6 is 25.3 Å². The van der Waals surface area contributed by atoms with Crippen molar-refractivity contribution in [1.29, 1.82) is 0 Å². The van der Waals surface area contributed by atoms with Crippen molar-refractivity contribution in [3.63, 3.8) is 0 Å². The van der Waals surface area contributed by atoms with Gasteiger partial charge in [0, 0.05) is 0 Å². The lowest BCUT2D eigenvalue weighted by molar-refractivity contribution is 0.350. The van der Waals surface area contributed by atoms with Crippen LogP contribution in [0.15, 0.2) is 0 Å². The average molecular weight is 192 g/mol. The van der Waals surface area contributed by atoms with E-state index in [1.807, 2.05) is 0 Å². The second-order valence-corrected chi connectivity index (χ2v) is 6.11. The quantitative estimate of drug-likeness (QED) is 0.493. The number of hydrogen-bond acceptors (Lipinski definition) is 2. The normalized spacial score (nSPS) is 18.0. The minimum Gasteiger partial charge on any atom is -0.162 e. The van der Waals surface area contributed by atoms with Gasteiger partial charge in [0.15, 0.2) is 0 Å². The standard InChI is InChI=1S/C9H20S2/c1-5-7(2)8(3)6-9(4,10)11/h7-8,10-11H,5-6H2,1-4H3. The minimum atomic E-state index is -0.108. The Morgan fingerprint density at radius 3 is 1.91 bits per heavy atom. The van der Waals surface area contributed by atoms with E-state index in [9.17, 15) is 0 Å². The summed E-state index contributed by atoms with van der Waals surface area (Å²) >= 11 is 8.78. The predicted octanol–water partition coefficient (Wildman–Crippen LogP) is 3.63. The van der Waals surface area contributed by atoms with Gasteiger partial charge in [0.2, 0.25) is 0 Å². The Kier molecular flexibility index (Phi) is 4.96. The number of hydrogen-bond donors (Lipinski definition) is 2. The first-order chi connectivity index (χ1) is 4.87. The summed E-state index contributed by atoms with van der Waals surface area (Å²) in [4.78, 5) is 0. The van der Waals surface area contributed by atoms with Crippen molar-refractivity contribution in [2.75, 3.05) is 0 Å². The topological polar surface area (TPSA) is 0 Å². The third kappa shape index (κ3) is 5.92. The molecule has 2 unspecified atom stereocenters. The van der Waals surface area contributed by atoms with Crippen molar-refractivity contribution in [2.45, 2.75) is 44.6 Å². The maximum Gasteiger partial charge on any atom is 0.0526 e. The van der Waals surface area contributed by atoms with Gasteiger partial charge < -0.3 is 0 Å². The van der Waals surface area contributed by atoms with Crippen LogP contribution in [0, 0.1) is 11.8 Å². The Morgan fingerprint density at radius 2 is 1.64 bits per heavy atom. The van der Waals surface area contributed by atoms with Crippen LogP contribution in [-0.4, -0.2) is 4.08 Å². The summed E-state index contributed by atoms with van der Waals surface area (Å²) in [6, 6.07) is 0. The fourth-order valence-electron chi connectivity index (χ4n) is 1.21. The average Bonchev–Trinajstić information content (AvgIpc) is 1.82. The number of thiol groups is 2. The molecule has 0 fully saturated rings. The maximum atomic E-state index is 4.39. The van der Waals surface area contributed by atoms with Gasteiger partial charge in [0.1, 0.15) is 0 Å². The lowest BCUT2D eigenvalue weighted by Crippen LogP contribution is -2.17. The molecule has 0 aliphatic carbocycles. The molecule has 0 rings (SSSR count). The first kappa shape index (κ1) is 11.7. The maximum absolute atomic E-state index is 4.39. The van der Waals surface area contributed by atoms with Crippen LogP contribution in [0.5, 0.6) is 0 Å². The first-order valence-corrected chi connectivity index (χ1v) is 5.21. The Balaban J connectivity index is 3.77. The van der Waals surface area contributed by atoms with Gasteiger partial charge in [-0.1, -0.05) is 27.2 Å². The molecule has 0 radical (unpaired) electrons. The Hall–Kier alpha value is 0.700. The Morgan fingerprint density at radius 1 is 1.18 bits per heavy atom. The summed E-state index contributed by atoms with van der Waals surface area (Å²) in [7, 11) is 0. The van der Waals surface area contributed by atoms with Gasteiger partial charge in [0.25, 0.3) is 0 Å². The summed E-state index contributed by atoms with van der Waals surface area (Å²) < 4.78 is -0.108. The second kappa shape index (κ2) is 4.66. The Labute approximate surface area is 82.0 Å². The molecule has 0 aromatic heterocycles. The molecule has 0 N–H and O–H groups in total. The molecule has 0 bridgehead atoms. The molecule has 68 valence electrons. The van der Waals surface area contributed by atoms with Crippen LogP contribution < -0.4 is 0 Å². The van der Waals surface area contributed by atoms with Gasteiger partial charge in [-0.2, -0.15) is 25.3 Å². The number of rotatable bonds is 4. The van der Waals surface area contributed by atoms with Crippen LogP contribution in [0.4, 0.5) is 0 Å². The highest BCUT2D eigenvalue weighted by Crippen LogP contribution is 2.31. The first-order valence-electron chi connectivity index (χ1n) is 4.31. The molecule has 0 heterocycles. The molecule has 0 nitrogen and oxygen atoms in total. The van der Waals surface area contributed by atoms with E-state index in [2.05, 4.69) is 53.0 Å². The van der Waals surface area contributed by atoms with Crippen LogP contribution in [0.2, 0.25) is 0 Å². The SMILES string of the molecule is CCC(C)C(C)CC(C)(S)S. The molecule has 0 saturated heterocycles. The molecule has 0 aliphatic heterocycles. The van der Waals surface area contributed by atoms with E-state index >= 15 is 0 Å². The van der Waals surface area contributed by atoms with E-state index in [-0.39, 0.29) is 4.08 Å². The summed E-state index contributed by atoms with van der Waals surface area (Å²) in [6.45, 7) is 8.85. The molecule has 0 amide bonds. The van der Waals surface area contributed by atoms with E-state index in [1.54, 1.807) is 0 Å². The molecule has 2 atom stereocenters. The van der Waals surface area contributed by atoms with Crippen LogP contribution in [0.25, 0.3) is 0 Å². The molecule has 0 aromatic carbocycles. The van der Waals surface area contributed by atoms with Crippen molar-refractivity contribution in [2.24, 2.45) is 11.8 Å². The smallest absolute Gasteiger partial charge is 0.0526 e. The third-order valence-electron chi connectivity index (χ3n) is 2.32. The zero-order valence-electron chi connectivity index (χ0n) is 7.96. The molecule has 0 aliphatic rings. The van der Waals surface area contributed by atoms with Crippen molar-refractivity contribution >= 4 is 25.3 Å². The predicted molar refractivity (Wildman–Crippen MR) is 59.6 cm³/mol. The van der Waals surface area contributed by atoms with Crippen molar-refractivity contribution in [1.82, 2.24) is 0 Å². The fourth-order valence-corrected chi connectivity index (χ4v) is 1.79. The summed E-state index contributed by atoms with van der Waals surface area (Å²) in [5.41, 5.74) is 0. The third-order valence-corrected chi connectivity index (χ3v) is 2.69. The lowest BCUT2D eigenvalue weighted by Gasteiger charge is -2.25. The summed E-state index contributed by atoms with van der Waals surface area (Å²) in [6.07, 6.45) is 2.33. The zero-order valence-corrected chi connectivity index (χ0v) is 9.75. The van der Waals surface area contributed by atoms with E-state index in [0.29, 0.717) is 0 Å². The Bertz CT molecular complexity index is 105. The van der Waals surface area contributed by atoms with Crippen molar-refractivity contribution in [3.8, 4) is 0 Å². The zero-order chi connectivity index (χ0) is 9.07. The molecule has 0 aromatic rings. The van der Waals surface area contributed by atoms with Gasteiger partial charge in [-0.3, -0.25) is 0 Å². The second-order valence-electron chi connectivity index (χ2n) is 3.78. The van der Waals surface area contributed by atoms with Gasteiger partial charge in [0.05, 0.1) is 4.08 Å². The molecular weight excluding hydrogens is 172 g/mol. The van der Waals surface area contributed by atoms with E-state index < -0.39 is 0 Å². The van der Waals surface area contributed by atoms with Gasteiger partial charge in [-0.15, -0.1) is 0 Å². The van der Waals surface area contributed by atoms with E-state index in [0.717, 1.165) is 18.3 Å². The highest BCUT2D eigenvalue weighted by atomic mass is 32.2. The molecule has 11 heavy (non-hydrogen) atoms. The van der Waals surface area contributed by atoms with Crippen molar-refractivity contribution < 1.29 is 0 Å². The lowest BCUT2D eigenvalue weighted by atomic mass is 9.90. The van der Waals surface area contributed by atoms with Gasteiger partial charge >= 0.3 is 0 Å². The fraction of sp³-hybridized carbons (Fsp3) is 1.00. The summed E-state index contributed by atoms with van der Waals surface area (Å²) in [5, 5.41) is 0. The molecule has 2 heteroatoms.